The summed E-state index contributed by atoms with van der Waals surface area (Å²) in [5.74, 6) is 0. The predicted octanol–water partition coefficient (Wildman–Crippen LogP) is 10.6. The molecule has 3 heterocycles. The van der Waals surface area contributed by atoms with Gasteiger partial charge in [0.2, 0.25) is 0 Å². The fourth-order valence-electron chi connectivity index (χ4n) is 9.15. The summed E-state index contributed by atoms with van der Waals surface area (Å²) >= 11 is 0. The van der Waals surface area contributed by atoms with Gasteiger partial charge in [-0.1, -0.05) is 109 Å². The molecule has 11 rings (SSSR count). The molecule has 0 fully saturated rings. The van der Waals surface area contributed by atoms with Gasteiger partial charge in [-0.05, 0) is 102 Å². The minimum Gasteiger partial charge on any atom is -0.341 e. The number of rotatable bonds is 2. The Labute approximate surface area is 346 Å². The van der Waals surface area contributed by atoms with E-state index in [1.165, 1.54) is 76.1 Å². The quantitative estimate of drug-likeness (QED) is 0.163. The van der Waals surface area contributed by atoms with Crippen molar-refractivity contribution < 1.29 is 0 Å². The number of nitrogens with zero attached hydrogens (tertiary/aromatic N) is 4. The summed E-state index contributed by atoms with van der Waals surface area (Å²) in [4.78, 5) is 15.0. The summed E-state index contributed by atoms with van der Waals surface area (Å²) in [5.41, 5.74) is 6.75. The van der Waals surface area contributed by atoms with Crippen molar-refractivity contribution >= 4 is 113 Å². The summed E-state index contributed by atoms with van der Waals surface area (Å²) < 4.78 is 0. The Kier molecular flexibility index (Phi) is 8.55. The van der Waals surface area contributed by atoms with Crippen LogP contribution in [0.25, 0.3) is 43.4 Å². The topological polar surface area (TPSA) is 32.3 Å². The van der Waals surface area contributed by atoms with Crippen molar-refractivity contribution in [3.63, 3.8) is 0 Å². The smallest absolute Gasteiger partial charge is 0.130 e. The number of hydrogen-bond acceptors (Lipinski definition) is 4. The molecular weight excluding hydrogens is 755 g/mol. The Bertz CT molecular complexity index is 3070. The first-order valence-electron chi connectivity index (χ1n) is 20.0. The average Bonchev–Trinajstić information content (AvgIpc) is 3.30. The van der Waals surface area contributed by atoms with Gasteiger partial charge in [-0.3, -0.25) is 9.97 Å². The molecule has 2 atom stereocenters. The largest absolute Gasteiger partial charge is 0.341 e. The summed E-state index contributed by atoms with van der Waals surface area (Å²) in [6.45, 7) is 2.53. The van der Waals surface area contributed by atoms with E-state index < -0.39 is 15.2 Å². The maximum Gasteiger partial charge on any atom is 0.130 e. The highest BCUT2D eigenvalue weighted by molar-refractivity contribution is 7.95. The number of pyridine rings is 2. The second kappa shape index (κ2) is 14.1. The zero-order valence-corrected chi connectivity index (χ0v) is 34.9. The monoisotopic (exact) mass is 795 g/mol. The van der Waals surface area contributed by atoms with E-state index in [-0.39, 0.29) is 0 Å². The fraction of sp³-hybridized carbons (Fsp3) is 0.0566. The van der Waals surface area contributed by atoms with Crippen molar-refractivity contribution in [1.82, 2.24) is 9.97 Å². The van der Waals surface area contributed by atoms with Crippen LogP contribution >= 0.6 is 15.2 Å². The van der Waals surface area contributed by atoms with Crippen molar-refractivity contribution in [3.05, 3.63) is 194 Å². The second-order valence-corrected chi connectivity index (χ2v) is 21.2. The van der Waals surface area contributed by atoms with E-state index >= 15 is 0 Å². The Morgan fingerprint density at radius 1 is 0.407 bits per heavy atom. The first-order valence-corrected chi connectivity index (χ1v) is 23.6. The van der Waals surface area contributed by atoms with Gasteiger partial charge >= 0.3 is 0 Å². The Morgan fingerprint density at radius 2 is 0.831 bits per heavy atom. The molecular formula is C53H41N4P2+. The first-order chi connectivity index (χ1) is 29.0. The standard InChI is InChI=1S/C53H41N4P2/c1-56-46-28-36-16-10-12-18-38(36)32-50(46)58(42-22-6-4-7-23-42)51-34-44-40(20-14-26-54-44)30-47(51)57(2)49-31-41-21-15-27-55-45(41)35-53(49)59(3,43-24-8-5-9-25-43)52-33-39-19-13-11-17-37(39)29-48(52)56/h4-35H,1-3H3/q+1. The molecule has 282 valence electrons. The minimum atomic E-state index is -2.45. The van der Waals surface area contributed by atoms with Gasteiger partial charge in [0.15, 0.2) is 0 Å². The van der Waals surface area contributed by atoms with Crippen molar-refractivity contribution in [3.8, 4) is 0 Å². The lowest BCUT2D eigenvalue weighted by molar-refractivity contribution is 1.23. The highest BCUT2D eigenvalue weighted by Crippen LogP contribution is 2.58. The summed E-state index contributed by atoms with van der Waals surface area (Å²) in [6, 6.07) is 67.9. The fourth-order valence-corrected chi connectivity index (χ4v) is 15.6. The van der Waals surface area contributed by atoms with Gasteiger partial charge in [-0.25, -0.2) is 0 Å². The van der Waals surface area contributed by atoms with Crippen LogP contribution < -0.4 is 41.6 Å². The van der Waals surface area contributed by atoms with Gasteiger partial charge in [0, 0.05) is 59.6 Å². The number of anilines is 4. The summed E-state index contributed by atoms with van der Waals surface area (Å²) in [5, 5.41) is 14.9. The van der Waals surface area contributed by atoms with Crippen LogP contribution in [0.1, 0.15) is 0 Å². The summed E-state index contributed by atoms with van der Waals surface area (Å²) in [7, 11) is 0.977. The first kappa shape index (κ1) is 35.7. The molecule has 0 spiro atoms. The van der Waals surface area contributed by atoms with Gasteiger partial charge in [0.1, 0.15) is 23.2 Å². The molecule has 6 heteroatoms. The van der Waals surface area contributed by atoms with Crippen LogP contribution in [0.4, 0.5) is 22.7 Å². The number of fused-ring (bicyclic) bond motifs is 8. The van der Waals surface area contributed by atoms with E-state index in [2.05, 4.69) is 206 Å². The Morgan fingerprint density at radius 3 is 1.44 bits per heavy atom. The third-order valence-corrected chi connectivity index (χ3v) is 18.7. The number of hydrogen-bond donors (Lipinski definition) is 0. The molecule has 10 aromatic rings. The van der Waals surface area contributed by atoms with Gasteiger partial charge < -0.3 is 9.80 Å². The third-order valence-electron chi connectivity index (χ3n) is 12.3. The average molecular weight is 796 g/mol. The lowest BCUT2D eigenvalue weighted by atomic mass is 10.1. The molecule has 0 saturated heterocycles. The van der Waals surface area contributed by atoms with Crippen molar-refractivity contribution in [2.24, 2.45) is 0 Å². The predicted molar refractivity (Wildman–Crippen MR) is 258 cm³/mol. The molecule has 2 unspecified atom stereocenters. The van der Waals surface area contributed by atoms with E-state index in [1.54, 1.807) is 0 Å². The Hall–Kier alpha value is -6.44. The maximum atomic E-state index is 5.00. The molecule has 4 nitrogen and oxygen atoms in total. The molecule has 0 N–H and O–H groups in total. The van der Waals surface area contributed by atoms with E-state index in [9.17, 15) is 0 Å². The van der Waals surface area contributed by atoms with Gasteiger partial charge in [0.25, 0.3) is 0 Å². The second-order valence-electron chi connectivity index (χ2n) is 15.6. The van der Waals surface area contributed by atoms with Crippen molar-refractivity contribution in [2.45, 2.75) is 0 Å². The molecule has 0 radical (unpaired) electrons. The molecule has 0 aliphatic carbocycles. The molecule has 0 saturated carbocycles. The zero-order chi connectivity index (χ0) is 39.7. The van der Waals surface area contributed by atoms with Crippen molar-refractivity contribution in [1.29, 1.82) is 0 Å². The Balaban J connectivity index is 1.37. The molecule has 1 aliphatic rings. The van der Waals surface area contributed by atoms with E-state index in [4.69, 9.17) is 9.97 Å². The van der Waals surface area contributed by atoms with Crippen LogP contribution in [-0.2, 0) is 0 Å². The van der Waals surface area contributed by atoms with Crippen LogP contribution in [0.3, 0.4) is 0 Å². The molecule has 59 heavy (non-hydrogen) atoms. The minimum absolute atomic E-state index is 0.993. The number of benzene rings is 8. The van der Waals surface area contributed by atoms with Crippen LogP contribution in [-0.4, -0.2) is 30.7 Å². The lowest BCUT2D eigenvalue weighted by Gasteiger charge is -2.36. The highest BCUT2D eigenvalue weighted by Gasteiger charge is 2.46. The summed E-state index contributed by atoms with van der Waals surface area (Å²) in [6.07, 6.45) is 3.84. The van der Waals surface area contributed by atoms with Crippen LogP contribution in [0, 0.1) is 0 Å². The maximum absolute atomic E-state index is 5.00. The van der Waals surface area contributed by atoms with E-state index in [0.717, 1.165) is 21.8 Å². The molecule has 0 amide bonds. The number of aromatic nitrogens is 2. The molecule has 8 aromatic carbocycles. The van der Waals surface area contributed by atoms with E-state index in [0.29, 0.717) is 0 Å². The van der Waals surface area contributed by atoms with Crippen LogP contribution in [0.5, 0.6) is 0 Å². The van der Waals surface area contributed by atoms with Gasteiger partial charge in [-0.15, -0.1) is 0 Å². The highest BCUT2D eigenvalue weighted by atomic mass is 31.2. The molecule has 2 aromatic heterocycles. The van der Waals surface area contributed by atoms with E-state index in [1.807, 2.05) is 18.5 Å². The molecule has 1 aliphatic heterocycles. The molecule has 0 bridgehead atoms. The zero-order valence-electron chi connectivity index (χ0n) is 33.2. The van der Waals surface area contributed by atoms with Gasteiger partial charge in [-0.2, -0.15) is 0 Å². The normalized spacial score (nSPS) is 16.6. The third kappa shape index (κ3) is 5.82. The van der Waals surface area contributed by atoms with Crippen molar-refractivity contribution in [2.75, 3.05) is 30.6 Å². The van der Waals surface area contributed by atoms with Gasteiger partial charge in [0.05, 0.1) is 34.8 Å². The lowest BCUT2D eigenvalue weighted by Crippen LogP contribution is -2.38. The van der Waals surface area contributed by atoms with Crippen LogP contribution in [0.2, 0.25) is 0 Å². The SMILES string of the molecule is CN1c2cc3ccccc3cc2P(c2ccccc2)c2cc3ncccc3cc2N(C)c2cc3cccnc3cc2[P+](C)(c2ccccc2)c2cc3ccccc3cc21. The van der Waals surface area contributed by atoms with Crippen LogP contribution in [0.15, 0.2) is 194 Å².